The summed E-state index contributed by atoms with van der Waals surface area (Å²) in [5.41, 5.74) is 1.30. The number of phenols is 2. The summed E-state index contributed by atoms with van der Waals surface area (Å²) in [4.78, 5) is 0. The van der Waals surface area contributed by atoms with E-state index < -0.39 is 0 Å². The molecule has 0 spiro atoms. The molecule has 96 valence electrons. The van der Waals surface area contributed by atoms with E-state index in [4.69, 9.17) is 10.2 Å². The topological polar surface area (TPSA) is 40.5 Å². The van der Waals surface area contributed by atoms with Gasteiger partial charge in [0.25, 0.3) is 0 Å². The van der Waals surface area contributed by atoms with Crippen LogP contribution in [0.25, 0.3) is 0 Å². The number of benzene rings is 2. The van der Waals surface area contributed by atoms with Gasteiger partial charge in [-0.3, -0.25) is 0 Å². The largest absolute Gasteiger partial charge is 0.508 e. The van der Waals surface area contributed by atoms with Gasteiger partial charge in [0.05, 0.1) is 0 Å². The Morgan fingerprint density at radius 2 is 1.33 bits per heavy atom. The van der Waals surface area contributed by atoms with Crippen LogP contribution in [0, 0.1) is 0 Å². The molecular formula is C16H20O2. The zero-order valence-electron chi connectivity index (χ0n) is 10.9. The molecule has 0 amide bonds. The van der Waals surface area contributed by atoms with Gasteiger partial charge in [-0.15, -0.1) is 0 Å². The fraction of sp³-hybridized carbons (Fsp3) is 0.250. The molecule has 2 heteroatoms. The quantitative estimate of drug-likeness (QED) is 0.827. The lowest BCUT2D eigenvalue weighted by Crippen LogP contribution is -1.89. The van der Waals surface area contributed by atoms with Crippen molar-refractivity contribution in [2.24, 2.45) is 0 Å². The molecule has 0 heterocycles. The third kappa shape index (κ3) is 4.91. The van der Waals surface area contributed by atoms with E-state index in [9.17, 15) is 0 Å². The van der Waals surface area contributed by atoms with E-state index in [0.29, 0.717) is 17.4 Å². The van der Waals surface area contributed by atoms with Gasteiger partial charge in [-0.2, -0.15) is 0 Å². The molecule has 2 aromatic rings. The van der Waals surface area contributed by atoms with Crippen LogP contribution in [0.15, 0.2) is 54.6 Å². The van der Waals surface area contributed by atoms with Gasteiger partial charge in [-0.05, 0) is 42.2 Å². The molecule has 0 aliphatic rings. The predicted molar refractivity (Wildman–Crippen MR) is 74.9 cm³/mol. The lowest BCUT2D eigenvalue weighted by atomic mass is 9.99. The molecule has 1 unspecified atom stereocenters. The van der Waals surface area contributed by atoms with Gasteiger partial charge in [-0.1, -0.05) is 44.2 Å². The zero-order valence-corrected chi connectivity index (χ0v) is 10.9. The van der Waals surface area contributed by atoms with Crippen molar-refractivity contribution in [2.75, 3.05) is 0 Å². The smallest absolute Gasteiger partial charge is 0.115 e. The Hall–Kier alpha value is -1.96. The van der Waals surface area contributed by atoms with E-state index in [1.165, 1.54) is 5.56 Å². The SMILES string of the molecule is CCC(C)c1ccc(O)cc1.Oc1ccccc1. The van der Waals surface area contributed by atoms with E-state index in [0.717, 1.165) is 6.42 Å². The second kappa shape index (κ2) is 7.38. The Morgan fingerprint density at radius 1 is 0.833 bits per heavy atom. The van der Waals surface area contributed by atoms with Crippen LogP contribution in [-0.2, 0) is 0 Å². The van der Waals surface area contributed by atoms with Crippen LogP contribution < -0.4 is 0 Å². The monoisotopic (exact) mass is 244 g/mol. The summed E-state index contributed by atoms with van der Waals surface area (Å²) < 4.78 is 0. The molecule has 2 rings (SSSR count). The fourth-order valence-electron chi connectivity index (χ4n) is 1.47. The minimum absolute atomic E-state index is 0.322. The fourth-order valence-corrected chi connectivity index (χ4v) is 1.47. The first-order valence-corrected chi connectivity index (χ1v) is 6.16. The summed E-state index contributed by atoms with van der Waals surface area (Å²) in [5.74, 6) is 1.26. The number of rotatable bonds is 2. The van der Waals surface area contributed by atoms with Crippen molar-refractivity contribution in [3.63, 3.8) is 0 Å². The van der Waals surface area contributed by atoms with Crippen LogP contribution in [0.2, 0.25) is 0 Å². The van der Waals surface area contributed by atoms with Crippen LogP contribution in [0.5, 0.6) is 11.5 Å². The van der Waals surface area contributed by atoms with Crippen LogP contribution in [0.3, 0.4) is 0 Å². The molecule has 0 aromatic heterocycles. The molecule has 0 bridgehead atoms. The maximum absolute atomic E-state index is 9.01. The first-order chi connectivity index (χ1) is 8.63. The number of aromatic hydroxyl groups is 2. The Kier molecular flexibility index (Phi) is 5.78. The molecule has 2 N–H and O–H groups in total. The minimum Gasteiger partial charge on any atom is -0.508 e. The highest BCUT2D eigenvalue weighted by atomic mass is 16.3. The van der Waals surface area contributed by atoms with Gasteiger partial charge in [0.15, 0.2) is 0 Å². The van der Waals surface area contributed by atoms with Crippen molar-refractivity contribution >= 4 is 0 Å². The Labute approximate surface area is 109 Å². The van der Waals surface area contributed by atoms with Crippen molar-refractivity contribution in [3.8, 4) is 11.5 Å². The number of para-hydroxylation sites is 1. The van der Waals surface area contributed by atoms with Gasteiger partial charge < -0.3 is 10.2 Å². The molecule has 0 fully saturated rings. The average molecular weight is 244 g/mol. The molecule has 0 aliphatic carbocycles. The maximum atomic E-state index is 9.01. The lowest BCUT2D eigenvalue weighted by molar-refractivity contribution is 0.474. The van der Waals surface area contributed by atoms with E-state index in [1.54, 1.807) is 36.4 Å². The van der Waals surface area contributed by atoms with Crippen molar-refractivity contribution in [2.45, 2.75) is 26.2 Å². The number of phenolic OH excluding ortho intramolecular Hbond substituents is 2. The van der Waals surface area contributed by atoms with E-state index in [1.807, 2.05) is 18.2 Å². The normalized spacial score (nSPS) is 11.2. The standard InChI is InChI=1S/C10H14O.C6H6O/c1-3-8(2)9-4-6-10(11)7-5-9;7-6-4-2-1-3-5-6/h4-8,11H,3H2,1-2H3;1-5,7H. The van der Waals surface area contributed by atoms with Gasteiger partial charge in [0.2, 0.25) is 0 Å². The van der Waals surface area contributed by atoms with Crippen molar-refractivity contribution in [3.05, 3.63) is 60.2 Å². The summed E-state index contributed by atoms with van der Waals surface area (Å²) in [6.07, 6.45) is 1.14. The van der Waals surface area contributed by atoms with Crippen LogP contribution in [0.4, 0.5) is 0 Å². The zero-order chi connectivity index (χ0) is 13.4. The molecule has 2 nitrogen and oxygen atoms in total. The minimum atomic E-state index is 0.322. The molecule has 1 atom stereocenters. The van der Waals surface area contributed by atoms with Gasteiger partial charge >= 0.3 is 0 Å². The number of hydrogen-bond acceptors (Lipinski definition) is 2. The summed E-state index contributed by atoms with van der Waals surface area (Å²) in [6, 6.07) is 16.1. The summed E-state index contributed by atoms with van der Waals surface area (Å²) >= 11 is 0. The average Bonchev–Trinajstić information content (AvgIpc) is 2.40. The van der Waals surface area contributed by atoms with E-state index >= 15 is 0 Å². The molecule has 2 aromatic carbocycles. The first kappa shape index (κ1) is 14.1. The molecular weight excluding hydrogens is 224 g/mol. The third-order valence-corrected chi connectivity index (χ3v) is 2.83. The molecule has 0 radical (unpaired) electrons. The molecule has 0 aliphatic heterocycles. The third-order valence-electron chi connectivity index (χ3n) is 2.83. The van der Waals surface area contributed by atoms with Crippen LogP contribution in [0.1, 0.15) is 31.7 Å². The summed E-state index contributed by atoms with van der Waals surface area (Å²) in [6.45, 7) is 4.35. The van der Waals surface area contributed by atoms with Gasteiger partial charge in [-0.25, -0.2) is 0 Å². The molecule has 18 heavy (non-hydrogen) atoms. The van der Waals surface area contributed by atoms with E-state index in [-0.39, 0.29) is 0 Å². The van der Waals surface area contributed by atoms with Crippen LogP contribution in [-0.4, -0.2) is 10.2 Å². The predicted octanol–water partition coefficient (Wildman–Crippen LogP) is 4.30. The Morgan fingerprint density at radius 3 is 1.72 bits per heavy atom. The van der Waals surface area contributed by atoms with Crippen molar-refractivity contribution in [1.29, 1.82) is 0 Å². The first-order valence-electron chi connectivity index (χ1n) is 6.16. The Balaban J connectivity index is 0.000000199. The Bertz CT molecular complexity index is 434. The van der Waals surface area contributed by atoms with E-state index in [2.05, 4.69) is 13.8 Å². The van der Waals surface area contributed by atoms with Crippen molar-refractivity contribution in [1.82, 2.24) is 0 Å². The van der Waals surface area contributed by atoms with Crippen molar-refractivity contribution < 1.29 is 10.2 Å². The highest BCUT2D eigenvalue weighted by molar-refractivity contribution is 5.27. The summed E-state index contributed by atoms with van der Waals surface area (Å²) in [7, 11) is 0. The second-order valence-electron chi connectivity index (χ2n) is 4.24. The second-order valence-corrected chi connectivity index (χ2v) is 4.24. The van der Waals surface area contributed by atoms with Gasteiger partial charge in [0.1, 0.15) is 11.5 Å². The molecule has 0 saturated carbocycles. The number of hydrogen-bond donors (Lipinski definition) is 2. The molecule has 0 saturated heterocycles. The highest BCUT2D eigenvalue weighted by Crippen LogP contribution is 2.20. The maximum Gasteiger partial charge on any atom is 0.115 e. The van der Waals surface area contributed by atoms with Crippen LogP contribution >= 0.6 is 0 Å². The lowest BCUT2D eigenvalue weighted by Gasteiger charge is -2.07. The highest BCUT2D eigenvalue weighted by Gasteiger charge is 2.00. The summed E-state index contributed by atoms with van der Waals surface area (Å²) in [5, 5.41) is 17.6. The van der Waals surface area contributed by atoms with Gasteiger partial charge in [0, 0.05) is 0 Å².